The second-order valence-electron chi connectivity index (χ2n) is 8.20. The number of nitrogens with zero attached hydrogens (tertiary/aromatic N) is 1. The van der Waals surface area contributed by atoms with Gasteiger partial charge in [0.15, 0.2) is 0 Å². The van der Waals surface area contributed by atoms with Crippen LogP contribution in [0.25, 0.3) is 0 Å². The fourth-order valence-corrected chi connectivity index (χ4v) is 2.94. The Labute approximate surface area is 193 Å². The van der Waals surface area contributed by atoms with Gasteiger partial charge in [-0.25, -0.2) is 4.79 Å². The molecule has 1 aromatic rings. The van der Waals surface area contributed by atoms with E-state index in [4.69, 9.17) is 4.74 Å². The number of aromatic hydroxyl groups is 1. The molecule has 0 saturated carbocycles. The first-order chi connectivity index (χ1) is 15.4. The summed E-state index contributed by atoms with van der Waals surface area (Å²) >= 11 is 0. The number of phenols is 1. The van der Waals surface area contributed by atoms with E-state index in [0.717, 1.165) is 0 Å². The van der Waals surface area contributed by atoms with E-state index in [2.05, 4.69) is 15.4 Å². The first-order valence-corrected chi connectivity index (χ1v) is 10.5. The summed E-state index contributed by atoms with van der Waals surface area (Å²) in [6.45, 7) is 5.63. The Hall–Kier alpha value is -3.34. The van der Waals surface area contributed by atoms with Crippen LogP contribution in [0.5, 0.6) is 5.75 Å². The number of aliphatic hydroxyl groups is 1. The zero-order valence-electron chi connectivity index (χ0n) is 19.6. The normalized spacial score (nSPS) is 12.8. The smallest absolute Gasteiger partial charge is 0.408 e. The summed E-state index contributed by atoms with van der Waals surface area (Å²) in [6.07, 6.45) is -0.467. The molecule has 11 nitrogen and oxygen atoms in total. The Morgan fingerprint density at radius 1 is 1.18 bits per heavy atom. The highest BCUT2D eigenvalue weighted by atomic mass is 16.6. The molecule has 0 heterocycles. The zero-order valence-corrected chi connectivity index (χ0v) is 19.6. The van der Waals surface area contributed by atoms with Gasteiger partial charge in [-0.3, -0.25) is 14.4 Å². The molecule has 1 rings (SSSR count). The van der Waals surface area contributed by atoms with Gasteiger partial charge in [-0.2, -0.15) is 0 Å². The topological polar surface area (TPSA) is 154 Å². The predicted molar refractivity (Wildman–Crippen MR) is 118 cm³/mol. The molecule has 4 N–H and O–H groups in total. The molecule has 0 fully saturated rings. The SMILES string of the molecule is CCCN(C(=O)C(CO)NC(=O)OC(C)(C)C)C(C(=O)NCC(=O)OC)c1cccc(O)c1. The van der Waals surface area contributed by atoms with E-state index in [1.807, 2.05) is 0 Å². The number of alkyl carbamates (subject to hydrolysis) is 1. The molecule has 184 valence electrons. The van der Waals surface area contributed by atoms with Crippen molar-refractivity contribution in [2.24, 2.45) is 0 Å². The van der Waals surface area contributed by atoms with Crippen molar-refractivity contribution < 1.29 is 38.9 Å². The Balaban J connectivity index is 3.29. The van der Waals surface area contributed by atoms with Crippen LogP contribution in [0.4, 0.5) is 4.79 Å². The van der Waals surface area contributed by atoms with Crippen molar-refractivity contribution in [2.45, 2.75) is 51.8 Å². The van der Waals surface area contributed by atoms with Crippen molar-refractivity contribution in [2.75, 3.05) is 26.8 Å². The number of carbonyl (C=O) groups excluding carboxylic acids is 4. The van der Waals surface area contributed by atoms with Gasteiger partial charge in [0.1, 0.15) is 30.0 Å². The number of hydrogen-bond acceptors (Lipinski definition) is 8. The van der Waals surface area contributed by atoms with Gasteiger partial charge in [-0.1, -0.05) is 19.1 Å². The molecular formula is C22H33N3O8. The molecule has 0 radical (unpaired) electrons. The molecule has 33 heavy (non-hydrogen) atoms. The van der Waals surface area contributed by atoms with Crippen molar-refractivity contribution in [3.63, 3.8) is 0 Å². The quantitative estimate of drug-likeness (QED) is 0.369. The largest absolute Gasteiger partial charge is 0.508 e. The van der Waals surface area contributed by atoms with Crippen molar-refractivity contribution in [3.8, 4) is 5.75 Å². The molecule has 2 atom stereocenters. The average Bonchev–Trinajstić information content (AvgIpc) is 2.73. The van der Waals surface area contributed by atoms with Gasteiger partial charge in [-0.15, -0.1) is 0 Å². The number of carbonyl (C=O) groups is 4. The van der Waals surface area contributed by atoms with Crippen LogP contribution in [-0.2, 0) is 23.9 Å². The maximum atomic E-state index is 13.3. The molecule has 0 spiro atoms. The number of esters is 1. The third-order valence-electron chi connectivity index (χ3n) is 4.30. The molecule has 0 aliphatic carbocycles. The summed E-state index contributed by atoms with van der Waals surface area (Å²) in [5.74, 6) is -2.27. The van der Waals surface area contributed by atoms with Crippen LogP contribution in [0.3, 0.4) is 0 Å². The summed E-state index contributed by atoms with van der Waals surface area (Å²) in [5.41, 5.74) is -0.554. The Morgan fingerprint density at radius 2 is 1.85 bits per heavy atom. The van der Waals surface area contributed by atoms with Gasteiger partial charge in [0.2, 0.25) is 11.8 Å². The fraction of sp³-hybridized carbons (Fsp3) is 0.545. The van der Waals surface area contributed by atoms with Crippen molar-refractivity contribution in [3.05, 3.63) is 29.8 Å². The molecule has 0 saturated heterocycles. The van der Waals surface area contributed by atoms with E-state index in [9.17, 15) is 29.4 Å². The number of aliphatic hydroxyl groups excluding tert-OH is 1. The Morgan fingerprint density at radius 3 is 2.36 bits per heavy atom. The van der Waals surface area contributed by atoms with E-state index in [0.29, 0.717) is 6.42 Å². The first-order valence-electron chi connectivity index (χ1n) is 10.5. The number of nitrogens with one attached hydrogen (secondary N) is 2. The summed E-state index contributed by atoms with van der Waals surface area (Å²) < 4.78 is 9.68. The third kappa shape index (κ3) is 8.97. The van der Waals surface area contributed by atoms with E-state index < -0.39 is 54.7 Å². The second-order valence-corrected chi connectivity index (χ2v) is 8.20. The Kier molecular flexibility index (Phi) is 10.6. The molecule has 0 bridgehead atoms. The lowest BCUT2D eigenvalue weighted by molar-refractivity contribution is -0.145. The summed E-state index contributed by atoms with van der Waals surface area (Å²) in [5, 5.41) is 24.4. The first kappa shape index (κ1) is 27.7. The summed E-state index contributed by atoms with van der Waals surface area (Å²) in [4.78, 5) is 51.2. The van der Waals surface area contributed by atoms with Crippen LogP contribution in [0.15, 0.2) is 24.3 Å². The lowest BCUT2D eigenvalue weighted by atomic mass is 10.0. The molecule has 0 aliphatic heterocycles. The third-order valence-corrected chi connectivity index (χ3v) is 4.30. The second kappa shape index (κ2) is 12.6. The highest BCUT2D eigenvalue weighted by Crippen LogP contribution is 2.25. The number of ether oxygens (including phenoxy) is 2. The molecule has 0 aromatic heterocycles. The minimum atomic E-state index is -1.39. The number of rotatable bonds is 10. The summed E-state index contributed by atoms with van der Waals surface area (Å²) in [6, 6.07) is 3.10. The standard InChI is InChI=1S/C22H33N3O8/c1-6-10-25(20(30)16(13-26)24-21(31)33-22(2,3)4)18(14-8-7-9-15(27)11-14)19(29)23-12-17(28)32-5/h7-9,11,16,18,26-27H,6,10,12-13H2,1-5H3,(H,23,29)(H,24,31). The molecule has 2 unspecified atom stereocenters. The van der Waals surface area contributed by atoms with Crippen LogP contribution < -0.4 is 10.6 Å². The Bertz CT molecular complexity index is 837. The zero-order chi connectivity index (χ0) is 25.2. The monoisotopic (exact) mass is 467 g/mol. The van der Waals surface area contributed by atoms with Gasteiger partial charge in [0.05, 0.1) is 13.7 Å². The number of hydrogen-bond donors (Lipinski definition) is 4. The number of amides is 3. The van der Waals surface area contributed by atoms with Crippen LogP contribution in [-0.4, -0.2) is 77.4 Å². The maximum absolute atomic E-state index is 13.3. The van der Waals surface area contributed by atoms with Gasteiger partial charge >= 0.3 is 12.1 Å². The highest BCUT2D eigenvalue weighted by molar-refractivity contribution is 5.93. The lowest BCUT2D eigenvalue weighted by Crippen LogP contribution is -2.54. The van der Waals surface area contributed by atoms with E-state index in [1.54, 1.807) is 27.7 Å². The average molecular weight is 468 g/mol. The van der Waals surface area contributed by atoms with E-state index >= 15 is 0 Å². The molecular weight excluding hydrogens is 434 g/mol. The number of methoxy groups -OCH3 is 1. The van der Waals surface area contributed by atoms with Crippen molar-refractivity contribution in [1.29, 1.82) is 0 Å². The van der Waals surface area contributed by atoms with Gasteiger partial charge < -0.3 is 35.2 Å². The van der Waals surface area contributed by atoms with Crippen molar-refractivity contribution >= 4 is 23.9 Å². The van der Waals surface area contributed by atoms with Gasteiger partial charge in [-0.05, 0) is 44.9 Å². The predicted octanol–water partition coefficient (Wildman–Crippen LogP) is 0.847. The fourth-order valence-electron chi connectivity index (χ4n) is 2.94. The van der Waals surface area contributed by atoms with Crippen LogP contribution >= 0.6 is 0 Å². The lowest BCUT2D eigenvalue weighted by Gasteiger charge is -2.33. The highest BCUT2D eigenvalue weighted by Gasteiger charge is 2.36. The van der Waals surface area contributed by atoms with Crippen LogP contribution in [0, 0.1) is 0 Å². The molecule has 0 aliphatic rings. The molecule has 11 heteroatoms. The van der Waals surface area contributed by atoms with Gasteiger partial charge in [0.25, 0.3) is 0 Å². The van der Waals surface area contributed by atoms with Crippen LogP contribution in [0.2, 0.25) is 0 Å². The number of phenolic OH excluding ortho intramolecular Hbond substituents is 1. The van der Waals surface area contributed by atoms with E-state index in [-0.39, 0.29) is 17.9 Å². The van der Waals surface area contributed by atoms with Gasteiger partial charge in [0, 0.05) is 6.54 Å². The number of benzene rings is 1. The summed E-state index contributed by atoms with van der Waals surface area (Å²) in [7, 11) is 1.17. The minimum absolute atomic E-state index is 0.0807. The molecule has 3 amide bonds. The van der Waals surface area contributed by atoms with Crippen molar-refractivity contribution in [1.82, 2.24) is 15.5 Å². The maximum Gasteiger partial charge on any atom is 0.408 e. The minimum Gasteiger partial charge on any atom is -0.508 e. The molecule has 1 aromatic carbocycles. The van der Waals surface area contributed by atoms with Crippen LogP contribution in [0.1, 0.15) is 45.7 Å². The van der Waals surface area contributed by atoms with E-state index in [1.165, 1.54) is 36.3 Å².